The highest BCUT2D eigenvalue weighted by atomic mass is 35.5. The minimum absolute atomic E-state index is 0.307. The summed E-state index contributed by atoms with van der Waals surface area (Å²) in [5.41, 5.74) is 1.01. The summed E-state index contributed by atoms with van der Waals surface area (Å²) in [7, 11) is 1.63. The number of carbonyl (C=O) groups excluding carboxylic acids is 1. The summed E-state index contributed by atoms with van der Waals surface area (Å²) in [5, 5.41) is 8.10. The first-order valence-electron chi connectivity index (χ1n) is 7.98. The predicted molar refractivity (Wildman–Crippen MR) is 92.5 cm³/mol. The fourth-order valence-corrected chi connectivity index (χ4v) is 2.47. The first kappa shape index (κ1) is 17.0. The van der Waals surface area contributed by atoms with E-state index in [0.29, 0.717) is 29.2 Å². The maximum Gasteiger partial charge on any atom is 0.415 e. The van der Waals surface area contributed by atoms with Gasteiger partial charge in [0.05, 0.1) is 6.20 Å². The van der Waals surface area contributed by atoms with Crippen molar-refractivity contribution in [3.63, 3.8) is 0 Å². The zero-order chi connectivity index (χ0) is 17.5. The van der Waals surface area contributed by atoms with Crippen LogP contribution >= 0.6 is 11.6 Å². The lowest BCUT2D eigenvalue weighted by Crippen LogP contribution is -2.35. The standard InChI is InChI=1S/C16H22ClN5O2/c1-16(2,3)24-15(23)21(4)13-7-12(17)20-14-10(9-19-22(13)14)8-18-11-5-6-11/h7,9,11,18H,5-6,8H2,1-4H3. The lowest BCUT2D eigenvalue weighted by molar-refractivity contribution is 0.0587. The summed E-state index contributed by atoms with van der Waals surface area (Å²) >= 11 is 6.16. The summed E-state index contributed by atoms with van der Waals surface area (Å²) in [6.45, 7) is 6.15. The SMILES string of the molecule is CN(C(=O)OC(C)(C)C)c1cc(Cl)nc2c(CNC3CC3)cnn12. The maximum absolute atomic E-state index is 12.3. The molecular weight excluding hydrogens is 330 g/mol. The van der Waals surface area contributed by atoms with Crippen LogP contribution < -0.4 is 10.2 Å². The van der Waals surface area contributed by atoms with Crippen LogP contribution in [0.2, 0.25) is 5.15 Å². The normalized spacial score (nSPS) is 14.9. The van der Waals surface area contributed by atoms with E-state index in [4.69, 9.17) is 16.3 Å². The van der Waals surface area contributed by atoms with Crippen LogP contribution in [0, 0.1) is 0 Å². The van der Waals surface area contributed by atoms with Gasteiger partial charge in [0.15, 0.2) is 5.65 Å². The average molecular weight is 352 g/mol. The number of halogens is 1. The Kier molecular flexibility index (Phi) is 4.40. The quantitative estimate of drug-likeness (QED) is 0.857. The molecule has 1 fully saturated rings. The van der Waals surface area contributed by atoms with Gasteiger partial charge in [0.1, 0.15) is 16.6 Å². The van der Waals surface area contributed by atoms with Gasteiger partial charge in [-0.15, -0.1) is 0 Å². The number of carbonyl (C=O) groups is 1. The number of nitrogens with zero attached hydrogens (tertiary/aromatic N) is 4. The van der Waals surface area contributed by atoms with Crippen LogP contribution in [0.15, 0.2) is 12.3 Å². The number of aromatic nitrogens is 3. The van der Waals surface area contributed by atoms with E-state index in [1.165, 1.54) is 17.7 Å². The molecule has 130 valence electrons. The van der Waals surface area contributed by atoms with Crippen LogP contribution in [0.3, 0.4) is 0 Å². The van der Waals surface area contributed by atoms with Gasteiger partial charge in [-0.3, -0.25) is 4.90 Å². The molecule has 24 heavy (non-hydrogen) atoms. The number of ether oxygens (including phenoxy) is 1. The summed E-state index contributed by atoms with van der Waals surface area (Å²) in [4.78, 5) is 18.1. The van der Waals surface area contributed by atoms with E-state index in [9.17, 15) is 4.79 Å². The highest BCUT2D eigenvalue weighted by Gasteiger charge is 2.24. The number of fused-ring (bicyclic) bond motifs is 1. The summed E-state index contributed by atoms with van der Waals surface area (Å²) in [6, 6.07) is 2.19. The Morgan fingerprint density at radius 2 is 2.21 bits per heavy atom. The van der Waals surface area contributed by atoms with Gasteiger partial charge in [0, 0.05) is 31.3 Å². The van der Waals surface area contributed by atoms with Gasteiger partial charge >= 0.3 is 6.09 Å². The fraction of sp³-hybridized carbons (Fsp3) is 0.562. The second-order valence-electron chi connectivity index (χ2n) is 7.04. The molecule has 0 spiro atoms. The highest BCUT2D eigenvalue weighted by Crippen LogP contribution is 2.24. The number of nitrogens with one attached hydrogen (secondary N) is 1. The fourth-order valence-electron chi connectivity index (χ4n) is 2.29. The second kappa shape index (κ2) is 6.22. The molecule has 0 atom stereocenters. The molecule has 1 aliphatic rings. The Bertz CT molecular complexity index is 764. The number of amides is 1. The van der Waals surface area contributed by atoms with E-state index >= 15 is 0 Å². The molecule has 0 unspecified atom stereocenters. The van der Waals surface area contributed by atoms with Crippen molar-refractivity contribution in [2.45, 2.75) is 51.8 Å². The van der Waals surface area contributed by atoms with Gasteiger partial charge in [-0.1, -0.05) is 11.6 Å². The van der Waals surface area contributed by atoms with E-state index in [2.05, 4.69) is 15.4 Å². The van der Waals surface area contributed by atoms with E-state index in [0.717, 1.165) is 5.56 Å². The lowest BCUT2D eigenvalue weighted by Gasteiger charge is -2.24. The van der Waals surface area contributed by atoms with Crippen molar-refractivity contribution < 1.29 is 9.53 Å². The molecule has 2 aromatic heterocycles. The molecule has 0 aromatic carbocycles. The van der Waals surface area contributed by atoms with E-state index in [1.54, 1.807) is 23.8 Å². The van der Waals surface area contributed by atoms with Gasteiger partial charge in [-0.2, -0.15) is 9.61 Å². The maximum atomic E-state index is 12.3. The summed E-state index contributed by atoms with van der Waals surface area (Å²) < 4.78 is 7.02. The minimum Gasteiger partial charge on any atom is -0.443 e. The molecular formula is C16H22ClN5O2. The zero-order valence-electron chi connectivity index (χ0n) is 14.3. The summed E-state index contributed by atoms with van der Waals surface area (Å²) in [6.07, 6.45) is 3.69. The molecule has 0 aliphatic heterocycles. The molecule has 0 saturated heterocycles. The Balaban J connectivity index is 1.90. The molecule has 7 nitrogen and oxygen atoms in total. The van der Waals surface area contributed by atoms with Crippen LogP contribution in [0.4, 0.5) is 10.6 Å². The van der Waals surface area contributed by atoms with Gasteiger partial charge in [0.2, 0.25) is 0 Å². The third kappa shape index (κ3) is 3.79. The van der Waals surface area contributed by atoms with Crippen molar-refractivity contribution in [3.05, 3.63) is 23.0 Å². The number of rotatable bonds is 4. The van der Waals surface area contributed by atoms with Crippen LogP contribution in [0.25, 0.3) is 5.65 Å². The second-order valence-corrected chi connectivity index (χ2v) is 7.42. The van der Waals surface area contributed by atoms with E-state index in [1.807, 2.05) is 20.8 Å². The Hall–Kier alpha value is -1.86. The molecule has 1 aliphatic carbocycles. The monoisotopic (exact) mass is 351 g/mol. The molecule has 1 amide bonds. The van der Waals surface area contributed by atoms with Gasteiger partial charge in [-0.05, 0) is 33.6 Å². The Labute approximate surface area is 145 Å². The smallest absolute Gasteiger partial charge is 0.415 e. The van der Waals surface area contributed by atoms with Crippen LogP contribution in [0.5, 0.6) is 0 Å². The number of anilines is 1. The lowest BCUT2D eigenvalue weighted by atomic mass is 10.2. The first-order valence-corrected chi connectivity index (χ1v) is 8.35. The van der Waals surface area contributed by atoms with Gasteiger partial charge < -0.3 is 10.1 Å². The van der Waals surface area contributed by atoms with Crippen molar-refractivity contribution in [2.75, 3.05) is 11.9 Å². The zero-order valence-corrected chi connectivity index (χ0v) is 15.1. The third-order valence-corrected chi connectivity index (χ3v) is 3.86. The number of hydrogen-bond donors (Lipinski definition) is 1. The molecule has 1 saturated carbocycles. The molecule has 2 heterocycles. The summed E-state index contributed by atoms with van der Waals surface area (Å²) in [5.74, 6) is 0.511. The highest BCUT2D eigenvalue weighted by molar-refractivity contribution is 6.29. The number of hydrogen-bond acceptors (Lipinski definition) is 5. The van der Waals surface area contributed by atoms with Crippen molar-refractivity contribution in [1.29, 1.82) is 0 Å². The van der Waals surface area contributed by atoms with Crippen LogP contribution in [0.1, 0.15) is 39.2 Å². The topological polar surface area (TPSA) is 71.8 Å². The predicted octanol–water partition coefficient (Wildman–Crippen LogP) is 3.01. The van der Waals surface area contributed by atoms with Crippen molar-refractivity contribution in [3.8, 4) is 0 Å². The van der Waals surface area contributed by atoms with E-state index in [-0.39, 0.29) is 0 Å². The van der Waals surface area contributed by atoms with Crippen molar-refractivity contribution in [2.24, 2.45) is 0 Å². The first-order chi connectivity index (χ1) is 11.2. The molecule has 3 rings (SSSR count). The largest absolute Gasteiger partial charge is 0.443 e. The molecule has 0 bridgehead atoms. The van der Waals surface area contributed by atoms with Crippen LogP contribution in [-0.4, -0.2) is 39.4 Å². The van der Waals surface area contributed by atoms with Gasteiger partial charge in [-0.25, -0.2) is 9.78 Å². The third-order valence-electron chi connectivity index (χ3n) is 3.66. The average Bonchev–Trinajstić information content (AvgIpc) is 3.22. The van der Waals surface area contributed by atoms with Gasteiger partial charge in [0.25, 0.3) is 0 Å². The van der Waals surface area contributed by atoms with E-state index < -0.39 is 11.7 Å². The molecule has 0 radical (unpaired) electrons. The Morgan fingerprint density at radius 3 is 2.83 bits per heavy atom. The molecule has 2 aromatic rings. The van der Waals surface area contributed by atoms with Crippen LogP contribution in [-0.2, 0) is 11.3 Å². The van der Waals surface area contributed by atoms with Crippen molar-refractivity contribution >= 4 is 29.2 Å². The molecule has 1 N–H and O–H groups in total. The minimum atomic E-state index is -0.579. The van der Waals surface area contributed by atoms with Crippen molar-refractivity contribution in [1.82, 2.24) is 19.9 Å². The molecule has 8 heteroatoms. The Morgan fingerprint density at radius 1 is 1.50 bits per heavy atom.